The van der Waals surface area contributed by atoms with E-state index in [1.165, 1.54) is 10.4 Å². The van der Waals surface area contributed by atoms with Crippen LogP contribution in [0.4, 0.5) is 5.82 Å². The summed E-state index contributed by atoms with van der Waals surface area (Å²) in [5.41, 5.74) is 1.19. The lowest BCUT2D eigenvalue weighted by Crippen LogP contribution is -1.93. The lowest BCUT2D eigenvalue weighted by Gasteiger charge is -1.97. The van der Waals surface area contributed by atoms with Gasteiger partial charge in [-0.1, -0.05) is 28.1 Å². The van der Waals surface area contributed by atoms with Gasteiger partial charge in [0.25, 0.3) is 0 Å². The van der Waals surface area contributed by atoms with Crippen molar-refractivity contribution in [3.63, 3.8) is 0 Å². The summed E-state index contributed by atoms with van der Waals surface area (Å²) in [6.07, 6.45) is 1.11. The monoisotopic (exact) mass is 280 g/mol. The molecule has 2 heterocycles. The smallest absolute Gasteiger partial charge is 0.141 e. The van der Waals surface area contributed by atoms with E-state index in [0.29, 0.717) is 0 Å². The summed E-state index contributed by atoms with van der Waals surface area (Å²) in [5, 5.41) is 4.40. The maximum Gasteiger partial charge on any atom is 0.141 e. The van der Waals surface area contributed by atoms with E-state index >= 15 is 0 Å². The van der Waals surface area contributed by atoms with Crippen molar-refractivity contribution in [3.8, 4) is 10.6 Å². The van der Waals surface area contributed by atoms with Crippen LogP contribution in [0.25, 0.3) is 10.6 Å². The summed E-state index contributed by atoms with van der Waals surface area (Å²) >= 11 is 5.27. The Bertz CT molecular complexity index is 486. The molecule has 1 N–H and O–H groups in total. The predicted molar refractivity (Wildman–Crippen MR) is 67.4 cm³/mol. The summed E-state index contributed by atoms with van der Waals surface area (Å²) in [5.74, 6) is 1.08. The Balaban J connectivity index is 2.06. The molecular weight excluding hydrogens is 272 g/mol. The van der Waals surface area contributed by atoms with Gasteiger partial charge in [0, 0.05) is 23.0 Å². The van der Waals surface area contributed by atoms with Crippen LogP contribution in [-0.4, -0.2) is 11.5 Å². The summed E-state index contributed by atoms with van der Waals surface area (Å²) in [6.45, 7) is 1.03. The highest BCUT2D eigenvalue weighted by Gasteiger charge is 2.16. The van der Waals surface area contributed by atoms with Crippen LogP contribution in [0.1, 0.15) is 4.88 Å². The molecular formula is C11H9BrN2S. The van der Waals surface area contributed by atoms with Gasteiger partial charge in [0.15, 0.2) is 0 Å². The number of aromatic nitrogens is 1. The number of hydrogen-bond acceptors (Lipinski definition) is 3. The summed E-state index contributed by atoms with van der Waals surface area (Å²) in [4.78, 5) is 5.97. The number of halogens is 1. The second kappa shape index (κ2) is 3.61. The first-order chi connectivity index (χ1) is 7.33. The maximum atomic E-state index is 4.59. The molecule has 1 aromatic carbocycles. The summed E-state index contributed by atoms with van der Waals surface area (Å²) in [7, 11) is 0. The molecule has 1 aliphatic rings. The molecule has 0 saturated heterocycles. The fraction of sp³-hybridized carbons (Fsp3) is 0.182. The third kappa shape index (κ3) is 1.68. The average molecular weight is 281 g/mol. The van der Waals surface area contributed by atoms with E-state index in [4.69, 9.17) is 0 Å². The number of anilines is 1. The number of nitrogens with zero attached hydrogens (tertiary/aromatic N) is 1. The lowest BCUT2D eigenvalue weighted by atomic mass is 10.2. The minimum Gasteiger partial charge on any atom is -0.369 e. The number of fused-ring (bicyclic) bond motifs is 1. The molecule has 1 aliphatic heterocycles. The number of hydrogen-bond donors (Lipinski definition) is 1. The van der Waals surface area contributed by atoms with E-state index in [9.17, 15) is 0 Å². The molecule has 2 nitrogen and oxygen atoms in total. The highest BCUT2D eigenvalue weighted by atomic mass is 79.9. The molecule has 4 heteroatoms. The minimum atomic E-state index is 1.03. The molecule has 76 valence electrons. The molecule has 0 unspecified atom stereocenters. The fourth-order valence-corrected chi connectivity index (χ4v) is 3.13. The molecule has 0 amide bonds. The van der Waals surface area contributed by atoms with Gasteiger partial charge in [-0.05, 0) is 12.1 Å². The Morgan fingerprint density at radius 3 is 3.13 bits per heavy atom. The number of nitrogens with one attached hydrogen (secondary N) is 1. The van der Waals surface area contributed by atoms with Crippen molar-refractivity contribution in [1.82, 2.24) is 4.98 Å². The molecule has 1 aromatic heterocycles. The number of benzene rings is 1. The highest BCUT2D eigenvalue weighted by molar-refractivity contribution is 9.10. The van der Waals surface area contributed by atoms with Crippen LogP contribution >= 0.6 is 27.3 Å². The Hall–Kier alpha value is -0.870. The second-order valence-electron chi connectivity index (χ2n) is 3.48. The zero-order chi connectivity index (χ0) is 10.3. The van der Waals surface area contributed by atoms with E-state index in [1.807, 2.05) is 12.1 Å². The Kier molecular flexibility index (Phi) is 2.25. The van der Waals surface area contributed by atoms with Crippen molar-refractivity contribution >= 4 is 33.1 Å². The van der Waals surface area contributed by atoms with E-state index in [1.54, 1.807) is 11.3 Å². The van der Waals surface area contributed by atoms with Gasteiger partial charge in [-0.3, -0.25) is 0 Å². The minimum absolute atomic E-state index is 1.03. The largest absolute Gasteiger partial charge is 0.369 e. The van der Waals surface area contributed by atoms with Crippen LogP contribution < -0.4 is 5.32 Å². The quantitative estimate of drug-likeness (QED) is 0.864. The third-order valence-electron chi connectivity index (χ3n) is 2.41. The Morgan fingerprint density at radius 1 is 1.40 bits per heavy atom. The predicted octanol–water partition coefficient (Wildman–Crippen LogP) is 3.54. The molecule has 0 radical (unpaired) electrons. The van der Waals surface area contributed by atoms with Crippen LogP contribution in [0.15, 0.2) is 28.7 Å². The van der Waals surface area contributed by atoms with Crippen LogP contribution in [-0.2, 0) is 6.42 Å². The van der Waals surface area contributed by atoms with Gasteiger partial charge in [0.1, 0.15) is 10.8 Å². The second-order valence-corrected chi connectivity index (χ2v) is 5.48. The molecule has 0 fully saturated rings. The average Bonchev–Trinajstić information content (AvgIpc) is 2.76. The zero-order valence-corrected chi connectivity index (χ0v) is 10.4. The van der Waals surface area contributed by atoms with Crippen molar-refractivity contribution in [3.05, 3.63) is 33.6 Å². The summed E-state index contributed by atoms with van der Waals surface area (Å²) in [6, 6.07) is 8.27. The van der Waals surface area contributed by atoms with Crippen LogP contribution in [0.2, 0.25) is 0 Å². The zero-order valence-electron chi connectivity index (χ0n) is 7.96. The first-order valence-electron chi connectivity index (χ1n) is 4.82. The van der Waals surface area contributed by atoms with Gasteiger partial charge in [-0.2, -0.15) is 0 Å². The molecule has 15 heavy (non-hydrogen) atoms. The van der Waals surface area contributed by atoms with Gasteiger partial charge in [-0.15, -0.1) is 11.3 Å². The highest BCUT2D eigenvalue weighted by Crippen LogP contribution is 2.34. The normalized spacial score (nSPS) is 13.7. The lowest BCUT2D eigenvalue weighted by molar-refractivity contribution is 1.12. The SMILES string of the molecule is Brc1cccc(-c2nc3c(s2)CCN3)c1. The van der Waals surface area contributed by atoms with E-state index in [0.717, 1.165) is 28.3 Å². The fourth-order valence-electron chi connectivity index (χ4n) is 1.70. The van der Waals surface area contributed by atoms with Crippen molar-refractivity contribution < 1.29 is 0 Å². The van der Waals surface area contributed by atoms with E-state index < -0.39 is 0 Å². The molecule has 0 atom stereocenters. The molecule has 0 aliphatic carbocycles. The number of rotatable bonds is 1. The van der Waals surface area contributed by atoms with Crippen molar-refractivity contribution in [2.75, 3.05) is 11.9 Å². The molecule has 0 saturated carbocycles. The first kappa shape index (κ1) is 9.36. The molecule has 2 aromatic rings. The van der Waals surface area contributed by atoms with E-state index in [-0.39, 0.29) is 0 Å². The van der Waals surface area contributed by atoms with E-state index in [2.05, 4.69) is 38.4 Å². The van der Waals surface area contributed by atoms with Crippen LogP contribution in [0.3, 0.4) is 0 Å². The van der Waals surface area contributed by atoms with Gasteiger partial charge >= 0.3 is 0 Å². The molecule has 3 rings (SSSR count). The molecule has 0 bridgehead atoms. The summed E-state index contributed by atoms with van der Waals surface area (Å²) < 4.78 is 1.10. The van der Waals surface area contributed by atoms with Gasteiger partial charge in [0.05, 0.1) is 4.88 Å². The standard InChI is InChI=1S/C11H9BrN2S/c12-8-3-1-2-7(6-8)11-14-10-9(15-11)4-5-13-10/h1-3,6,13H,4-5H2. The van der Waals surface area contributed by atoms with Crippen molar-refractivity contribution in [2.24, 2.45) is 0 Å². The van der Waals surface area contributed by atoms with Crippen LogP contribution in [0.5, 0.6) is 0 Å². The van der Waals surface area contributed by atoms with Gasteiger partial charge in [-0.25, -0.2) is 4.98 Å². The van der Waals surface area contributed by atoms with Crippen LogP contribution in [0, 0.1) is 0 Å². The van der Waals surface area contributed by atoms with Gasteiger partial charge < -0.3 is 5.32 Å². The maximum absolute atomic E-state index is 4.59. The van der Waals surface area contributed by atoms with Crippen molar-refractivity contribution in [2.45, 2.75) is 6.42 Å². The Labute approximate surface area is 100 Å². The Morgan fingerprint density at radius 2 is 2.33 bits per heavy atom. The van der Waals surface area contributed by atoms with Gasteiger partial charge in [0.2, 0.25) is 0 Å². The third-order valence-corrected chi connectivity index (χ3v) is 4.07. The number of thiazole rings is 1. The van der Waals surface area contributed by atoms with Crippen molar-refractivity contribution in [1.29, 1.82) is 0 Å². The molecule has 0 spiro atoms. The topological polar surface area (TPSA) is 24.9 Å². The first-order valence-corrected chi connectivity index (χ1v) is 6.43.